The monoisotopic (exact) mass is 332 g/mol. The zero-order valence-corrected chi connectivity index (χ0v) is 13.7. The number of halogens is 1. The van der Waals surface area contributed by atoms with Crippen LogP contribution in [0, 0.1) is 0 Å². The van der Waals surface area contributed by atoms with Crippen LogP contribution >= 0.6 is 34.7 Å². The first-order valence-electron chi connectivity index (χ1n) is 6.96. The molecule has 0 bridgehead atoms. The lowest BCUT2D eigenvalue weighted by molar-refractivity contribution is 0.916. The predicted octanol–water partition coefficient (Wildman–Crippen LogP) is 5.13. The Bertz CT molecular complexity index is 799. The van der Waals surface area contributed by atoms with Gasteiger partial charge in [-0.25, -0.2) is 9.97 Å². The number of benzene rings is 1. The van der Waals surface area contributed by atoms with Gasteiger partial charge in [0.1, 0.15) is 15.8 Å². The van der Waals surface area contributed by atoms with E-state index in [9.17, 15) is 0 Å². The van der Waals surface area contributed by atoms with Crippen LogP contribution in [-0.4, -0.2) is 9.97 Å². The lowest BCUT2D eigenvalue weighted by atomic mass is 10.2. The van der Waals surface area contributed by atoms with Gasteiger partial charge in [-0.05, 0) is 37.0 Å². The lowest BCUT2D eigenvalue weighted by Crippen LogP contribution is -1.94. The maximum Gasteiger partial charge on any atom is 0.142 e. The summed E-state index contributed by atoms with van der Waals surface area (Å²) in [5, 5.41) is 1.73. The zero-order chi connectivity index (χ0) is 14.2. The third-order valence-electron chi connectivity index (χ3n) is 3.68. The number of thiophene rings is 1. The number of thioether (sulfide) groups is 1. The minimum atomic E-state index is 0.628. The summed E-state index contributed by atoms with van der Waals surface area (Å²) < 4.78 is 0. The summed E-state index contributed by atoms with van der Waals surface area (Å²) in [6.07, 6.45) is 3.52. The van der Waals surface area contributed by atoms with Crippen LogP contribution < -0.4 is 0 Å². The van der Waals surface area contributed by atoms with E-state index < -0.39 is 0 Å². The normalized spacial score (nSPS) is 13.8. The minimum absolute atomic E-state index is 0.628. The molecule has 0 aliphatic heterocycles. The van der Waals surface area contributed by atoms with Crippen LogP contribution in [0.1, 0.15) is 22.7 Å². The molecule has 0 N–H and O–H groups in total. The number of aromatic nitrogens is 2. The fourth-order valence-corrected chi connectivity index (χ4v) is 5.13. The van der Waals surface area contributed by atoms with E-state index >= 15 is 0 Å². The number of hydrogen-bond donors (Lipinski definition) is 0. The molecule has 0 radical (unpaired) electrons. The largest absolute Gasteiger partial charge is 0.221 e. The Morgan fingerprint density at radius 3 is 2.86 bits per heavy atom. The van der Waals surface area contributed by atoms with Gasteiger partial charge in [-0.15, -0.1) is 23.1 Å². The van der Waals surface area contributed by atoms with Gasteiger partial charge >= 0.3 is 0 Å². The quantitative estimate of drug-likeness (QED) is 0.491. The zero-order valence-electron chi connectivity index (χ0n) is 11.3. The van der Waals surface area contributed by atoms with Gasteiger partial charge in [0, 0.05) is 9.77 Å². The molecular weight excluding hydrogens is 320 g/mol. The van der Waals surface area contributed by atoms with Gasteiger partial charge < -0.3 is 0 Å². The first-order chi connectivity index (χ1) is 10.3. The van der Waals surface area contributed by atoms with Crippen molar-refractivity contribution in [1.29, 1.82) is 0 Å². The first-order valence-corrected chi connectivity index (χ1v) is 9.14. The predicted molar refractivity (Wildman–Crippen MR) is 90.5 cm³/mol. The highest BCUT2D eigenvalue weighted by Gasteiger charge is 2.21. The Hall–Kier alpha value is -1.10. The Morgan fingerprint density at radius 2 is 2.00 bits per heavy atom. The Balaban J connectivity index is 1.65. The molecule has 0 saturated carbocycles. The molecule has 1 aromatic carbocycles. The Labute approximate surface area is 136 Å². The van der Waals surface area contributed by atoms with E-state index in [4.69, 9.17) is 16.6 Å². The van der Waals surface area contributed by atoms with Gasteiger partial charge in [0.25, 0.3) is 0 Å². The molecule has 0 spiro atoms. The van der Waals surface area contributed by atoms with Gasteiger partial charge in [0.2, 0.25) is 0 Å². The molecule has 2 aromatic heterocycles. The smallest absolute Gasteiger partial charge is 0.142 e. The first kappa shape index (κ1) is 13.6. The highest BCUT2D eigenvalue weighted by Crippen LogP contribution is 2.39. The Morgan fingerprint density at radius 1 is 1.14 bits per heavy atom. The summed E-state index contributed by atoms with van der Waals surface area (Å²) in [6, 6.07) is 10.3. The summed E-state index contributed by atoms with van der Waals surface area (Å²) >= 11 is 9.95. The average Bonchev–Trinajstić information content (AvgIpc) is 3.06. The van der Waals surface area contributed by atoms with E-state index in [2.05, 4.69) is 17.1 Å². The average molecular weight is 333 g/mol. The van der Waals surface area contributed by atoms with Crippen molar-refractivity contribution in [3.63, 3.8) is 0 Å². The fourth-order valence-electron chi connectivity index (χ4n) is 2.72. The SMILES string of the molecule is Clc1nc(CSc2ccccc2)nc2sc3c(c12)CCC3. The van der Waals surface area contributed by atoms with Crippen molar-refractivity contribution < 1.29 is 0 Å². The standard InChI is InChI=1S/C16H13ClN2S2/c17-15-14-11-7-4-8-12(11)21-16(14)19-13(18-15)9-20-10-5-2-1-3-6-10/h1-3,5-6H,4,7-9H2. The second-order valence-electron chi connectivity index (χ2n) is 5.07. The summed E-state index contributed by atoms with van der Waals surface area (Å²) in [5.41, 5.74) is 1.39. The summed E-state index contributed by atoms with van der Waals surface area (Å²) in [5.74, 6) is 1.57. The van der Waals surface area contributed by atoms with Gasteiger partial charge in [0.15, 0.2) is 0 Å². The molecule has 21 heavy (non-hydrogen) atoms. The van der Waals surface area contributed by atoms with Crippen molar-refractivity contribution in [3.8, 4) is 0 Å². The van der Waals surface area contributed by atoms with Crippen molar-refractivity contribution in [2.24, 2.45) is 0 Å². The van der Waals surface area contributed by atoms with Gasteiger partial charge in [-0.3, -0.25) is 0 Å². The molecule has 0 atom stereocenters. The molecule has 4 rings (SSSR count). The number of hydrogen-bond acceptors (Lipinski definition) is 4. The molecule has 0 fully saturated rings. The number of rotatable bonds is 3. The Kier molecular flexibility index (Phi) is 3.61. The van der Waals surface area contributed by atoms with E-state index in [1.807, 2.05) is 18.2 Å². The van der Waals surface area contributed by atoms with Crippen LogP contribution in [0.25, 0.3) is 10.2 Å². The van der Waals surface area contributed by atoms with E-state index in [0.717, 1.165) is 28.2 Å². The molecule has 106 valence electrons. The van der Waals surface area contributed by atoms with Gasteiger partial charge in [0.05, 0.1) is 11.1 Å². The molecule has 5 heteroatoms. The van der Waals surface area contributed by atoms with Gasteiger partial charge in [-0.2, -0.15) is 0 Å². The topological polar surface area (TPSA) is 25.8 Å². The van der Waals surface area contributed by atoms with Crippen molar-refractivity contribution in [2.75, 3.05) is 0 Å². The van der Waals surface area contributed by atoms with Crippen LogP contribution in [0.3, 0.4) is 0 Å². The molecular formula is C16H13ClN2S2. The van der Waals surface area contributed by atoms with Crippen molar-refractivity contribution >= 4 is 44.9 Å². The molecule has 1 aliphatic rings. The molecule has 2 nitrogen and oxygen atoms in total. The summed E-state index contributed by atoms with van der Waals surface area (Å²) in [4.78, 5) is 13.0. The highest BCUT2D eigenvalue weighted by atomic mass is 35.5. The lowest BCUT2D eigenvalue weighted by Gasteiger charge is -2.03. The molecule has 0 unspecified atom stereocenters. The molecule has 2 heterocycles. The second kappa shape index (κ2) is 5.59. The van der Waals surface area contributed by atoms with Crippen LogP contribution in [0.5, 0.6) is 0 Å². The van der Waals surface area contributed by atoms with Crippen molar-refractivity contribution in [1.82, 2.24) is 9.97 Å². The molecule has 1 aliphatic carbocycles. The van der Waals surface area contributed by atoms with Crippen LogP contribution in [0.15, 0.2) is 35.2 Å². The highest BCUT2D eigenvalue weighted by molar-refractivity contribution is 7.98. The van der Waals surface area contributed by atoms with Crippen LogP contribution in [0.2, 0.25) is 5.15 Å². The van der Waals surface area contributed by atoms with E-state index in [-0.39, 0.29) is 0 Å². The van der Waals surface area contributed by atoms with E-state index in [0.29, 0.717) is 5.15 Å². The number of fused-ring (bicyclic) bond motifs is 3. The molecule has 0 saturated heterocycles. The molecule has 0 amide bonds. The van der Waals surface area contributed by atoms with Crippen molar-refractivity contribution in [2.45, 2.75) is 29.9 Å². The van der Waals surface area contributed by atoms with Crippen molar-refractivity contribution in [3.05, 3.63) is 51.7 Å². The van der Waals surface area contributed by atoms with Crippen LogP contribution in [0.4, 0.5) is 0 Å². The van der Waals surface area contributed by atoms with Gasteiger partial charge in [-0.1, -0.05) is 29.8 Å². The number of aryl methyl sites for hydroxylation is 2. The maximum atomic E-state index is 6.42. The van der Waals surface area contributed by atoms with E-state index in [1.165, 1.54) is 28.2 Å². The summed E-state index contributed by atoms with van der Waals surface area (Å²) in [6.45, 7) is 0. The second-order valence-corrected chi connectivity index (χ2v) is 7.56. The summed E-state index contributed by atoms with van der Waals surface area (Å²) in [7, 11) is 0. The third kappa shape index (κ3) is 2.56. The molecule has 3 aromatic rings. The maximum absolute atomic E-state index is 6.42. The third-order valence-corrected chi connectivity index (χ3v) is 6.15. The minimum Gasteiger partial charge on any atom is -0.221 e. The van der Waals surface area contributed by atoms with E-state index in [1.54, 1.807) is 23.1 Å². The number of nitrogens with zero attached hydrogens (tertiary/aromatic N) is 2. The fraction of sp³-hybridized carbons (Fsp3) is 0.250. The van der Waals surface area contributed by atoms with Crippen LogP contribution in [-0.2, 0) is 18.6 Å².